The Balaban J connectivity index is 1.96. The summed E-state index contributed by atoms with van der Waals surface area (Å²) >= 11 is 6.24. The van der Waals surface area contributed by atoms with Gasteiger partial charge in [-0.05, 0) is 49.5 Å². The molecule has 3 nitrogen and oxygen atoms in total. The van der Waals surface area contributed by atoms with Gasteiger partial charge < -0.3 is 15.4 Å². The molecule has 1 fully saturated rings. The summed E-state index contributed by atoms with van der Waals surface area (Å²) in [6.07, 6.45) is 2.51. The maximum atomic E-state index is 6.24. The Bertz CT molecular complexity index is 418. The summed E-state index contributed by atoms with van der Waals surface area (Å²) < 4.78 is 5.15. The molecule has 0 unspecified atom stereocenters. The van der Waals surface area contributed by atoms with Crippen LogP contribution in [0.25, 0.3) is 0 Å². The second-order valence-corrected chi connectivity index (χ2v) is 5.74. The van der Waals surface area contributed by atoms with Crippen LogP contribution < -0.4 is 10.5 Å². The maximum absolute atomic E-state index is 6.24. The van der Waals surface area contributed by atoms with Crippen LogP contribution in [0.2, 0.25) is 5.02 Å². The van der Waals surface area contributed by atoms with Crippen molar-refractivity contribution in [3.63, 3.8) is 0 Å². The van der Waals surface area contributed by atoms with Crippen molar-refractivity contribution in [3.05, 3.63) is 28.8 Å². The summed E-state index contributed by atoms with van der Waals surface area (Å²) in [5.74, 6) is 0.798. The highest BCUT2D eigenvalue weighted by molar-refractivity contribution is 6.31. The van der Waals surface area contributed by atoms with Crippen molar-refractivity contribution >= 4 is 11.6 Å². The van der Waals surface area contributed by atoms with E-state index < -0.39 is 0 Å². The van der Waals surface area contributed by atoms with E-state index in [0.717, 1.165) is 36.0 Å². The van der Waals surface area contributed by atoms with Gasteiger partial charge in [-0.3, -0.25) is 0 Å². The Morgan fingerprint density at radius 3 is 2.67 bits per heavy atom. The van der Waals surface area contributed by atoms with E-state index >= 15 is 0 Å². The van der Waals surface area contributed by atoms with Gasteiger partial charge in [0.2, 0.25) is 0 Å². The molecule has 0 atom stereocenters. The minimum Gasteiger partial charge on any atom is -0.497 e. The molecule has 0 saturated heterocycles. The predicted octanol–water partition coefficient (Wildman–Crippen LogP) is 2.52. The van der Waals surface area contributed by atoms with E-state index in [-0.39, 0.29) is 0 Å². The van der Waals surface area contributed by atoms with Gasteiger partial charge in [0, 0.05) is 18.1 Å². The molecular weight excluding hydrogens is 248 g/mol. The molecule has 1 saturated carbocycles. The molecule has 2 N–H and O–H groups in total. The quantitative estimate of drug-likeness (QED) is 0.862. The first kappa shape index (κ1) is 13.7. The minimum atomic E-state index is 0.369. The van der Waals surface area contributed by atoms with Crippen LogP contribution >= 0.6 is 11.6 Å². The molecule has 0 aliphatic heterocycles. The summed E-state index contributed by atoms with van der Waals surface area (Å²) in [5.41, 5.74) is 7.31. The van der Waals surface area contributed by atoms with Gasteiger partial charge in [0.05, 0.1) is 7.11 Å². The van der Waals surface area contributed by atoms with Crippen molar-refractivity contribution in [1.29, 1.82) is 0 Å². The molecular formula is C14H21ClN2O. The molecule has 1 aliphatic rings. The number of ether oxygens (including phenoxy) is 1. The molecule has 1 aromatic carbocycles. The number of rotatable bonds is 6. The Labute approximate surface area is 114 Å². The molecule has 0 radical (unpaired) electrons. The van der Waals surface area contributed by atoms with Gasteiger partial charge in [0.15, 0.2) is 0 Å². The molecule has 18 heavy (non-hydrogen) atoms. The Kier molecular flexibility index (Phi) is 4.15. The third-order valence-corrected chi connectivity index (χ3v) is 4.05. The summed E-state index contributed by atoms with van der Waals surface area (Å²) in [4.78, 5) is 2.30. The number of hydrogen-bond donors (Lipinski definition) is 1. The Hall–Kier alpha value is -0.770. The topological polar surface area (TPSA) is 38.5 Å². The first-order valence-corrected chi connectivity index (χ1v) is 6.67. The van der Waals surface area contributed by atoms with Gasteiger partial charge in [0.25, 0.3) is 0 Å². The van der Waals surface area contributed by atoms with Gasteiger partial charge in [-0.1, -0.05) is 17.7 Å². The largest absolute Gasteiger partial charge is 0.497 e. The standard InChI is InChI=1S/C14H21ClN2O/c1-17(10-14(9-16)5-6-14)8-11-3-4-12(18-2)7-13(11)15/h3-4,7H,5-6,8-10,16H2,1-2H3. The highest BCUT2D eigenvalue weighted by Gasteiger charge is 2.41. The van der Waals surface area contributed by atoms with Gasteiger partial charge in [-0.15, -0.1) is 0 Å². The van der Waals surface area contributed by atoms with Crippen LogP contribution in [0.1, 0.15) is 18.4 Å². The SMILES string of the molecule is COc1ccc(CN(C)CC2(CN)CC2)c(Cl)c1. The molecule has 0 spiro atoms. The third-order valence-electron chi connectivity index (χ3n) is 3.70. The molecule has 1 aliphatic carbocycles. The zero-order valence-electron chi connectivity index (χ0n) is 11.1. The van der Waals surface area contributed by atoms with E-state index in [0.29, 0.717) is 5.41 Å². The second kappa shape index (κ2) is 5.47. The predicted molar refractivity (Wildman–Crippen MR) is 75.1 cm³/mol. The minimum absolute atomic E-state index is 0.369. The summed E-state index contributed by atoms with van der Waals surface area (Å²) in [6.45, 7) is 2.68. The fourth-order valence-corrected chi connectivity index (χ4v) is 2.54. The zero-order valence-corrected chi connectivity index (χ0v) is 11.8. The van der Waals surface area contributed by atoms with E-state index in [1.807, 2.05) is 18.2 Å². The smallest absolute Gasteiger partial charge is 0.120 e. The lowest BCUT2D eigenvalue weighted by molar-refractivity contribution is 0.259. The normalized spacial score (nSPS) is 16.9. The summed E-state index contributed by atoms with van der Waals surface area (Å²) in [7, 11) is 3.77. The van der Waals surface area contributed by atoms with Crippen molar-refractivity contribution in [2.45, 2.75) is 19.4 Å². The number of benzene rings is 1. The molecule has 4 heteroatoms. The van der Waals surface area contributed by atoms with Crippen LogP contribution in [0.5, 0.6) is 5.75 Å². The first-order valence-electron chi connectivity index (χ1n) is 6.30. The maximum Gasteiger partial charge on any atom is 0.120 e. The first-order chi connectivity index (χ1) is 8.58. The van der Waals surface area contributed by atoms with Crippen LogP contribution in [0.3, 0.4) is 0 Å². The molecule has 0 amide bonds. The molecule has 0 aromatic heterocycles. The van der Waals surface area contributed by atoms with Crippen LogP contribution in [0, 0.1) is 5.41 Å². The summed E-state index contributed by atoms with van der Waals surface area (Å²) in [5, 5.41) is 0.763. The van der Waals surface area contributed by atoms with Crippen molar-refractivity contribution < 1.29 is 4.74 Å². The lowest BCUT2D eigenvalue weighted by atomic mass is 10.1. The Morgan fingerprint density at radius 2 is 2.17 bits per heavy atom. The zero-order chi connectivity index (χ0) is 13.2. The van der Waals surface area contributed by atoms with Crippen molar-refractivity contribution in [3.8, 4) is 5.75 Å². The van der Waals surface area contributed by atoms with Crippen molar-refractivity contribution in [1.82, 2.24) is 4.90 Å². The number of methoxy groups -OCH3 is 1. The average Bonchev–Trinajstić information content (AvgIpc) is 3.12. The number of hydrogen-bond acceptors (Lipinski definition) is 3. The van der Waals surface area contributed by atoms with E-state index in [1.54, 1.807) is 7.11 Å². The van der Waals surface area contributed by atoms with Gasteiger partial charge in [-0.2, -0.15) is 0 Å². The van der Waals surface area contributed by atoms with E-state index in [2.05, 4.69) is 11.9 Å². The summed E-state index contributed by atoms with van der Waals surface area (Å²) in [6, 6.07) is 5.84. The van der Waals surface area contributed by atoms with Crippen LogP contribution in [-0.2, 0) is 6.54 Å². The Morgan fingerprint density at radius 1 is 1.44 bits per heavy atom. The lowest BCUT2D eigenvalue weighted by Crippen LogP contribution is -2.31. The average molecular weight is 269 g/mol. The highest BCUT2D eigenvalue weighted by atomic mass is 35.5. The molecule has 0 heterocycles. The van der Waals surface area contributed by atoms with Crippen molar-refractivity contribution in [2.75, 3.05) is 27.2 Å². The fourth-order valence-electron chi connectivity index (χ4n) is 2.31. The monoisotopic (exact) mass is 268 g/mol. The van der Waals surface area contributed by atoms with Crippen LogP contribution in [0.4, 0.5) is 0 Å². The van der Waals surface area contributed by atoms with Crippen LogP contribution in [0.15, 0.2) is 18.2 Å². The van der Waals surface area contributed by atoms with Crippen LogP contribution in [-0.4, -0.2) is 32.1 Å². The number of nitrogens with two attached hydrogens (primary N) is 1. The second-order valence-electron chi connectivity index (χ2n) is 5.33. The van der Waals surface area contributed by atoms with Crippen molar-refractivity contribution in [2.24, 2.45) is 11.1 Å². The van der Waals surface area contributed by atoms with Gasteiger partial charge in [0.1, 0.15) is 5.75 Å². The molecule has 2 rings (SSSR count). The van der Waals surface area contributed by atoms with E-state index in [1.165, 1.54) is 12.8 Å². The fraction of sp³-hybridized carbons (Fsp3) is 0.571. The molecule has 100 valence electrons. The molecule has 1 aromatic rings. The highest BCUT2D eigenvalue weighted by Crippen LogP contribution is 2.45. The number of halogens is 1. The lowest BCUT2D eigenvalue weighted by Gasteiger charge is -2.23. The van der Waals surface area contributed by atoms with E-state index in [4.69, 9.17) is 22.1 Å². The van der Waals surface area contributed by atoms with Gasteiger partial charge in [-0.25, -0.2) is 0 Å². The third kappa shape index (κ3) is 3.16. The van der Waals surface area contributed by atoms with E-state index in [9.17, 15) is 0 Å². The molecule has 0 bridgehead atoms. The van der Waals surface area contributed by atoms with Gasteiger partial charge >= 0.3 is 0 Å². The number of nitrogens with zero attached hydrogens (tertiary/aromatic N) is 1.